The van der Waals surface area contributed by atoms with E-state index in [-0.39, 0.29) is 17.9 Å². The van der Waals surface area contributed by atoms with E-state index in [2.05, 4.69) is 12.2 Å². The monoisotopic (exact) mass is 325 g/mol. The number of carbonyl (C=O) groups is 2. The molecule has 132 valence electrons. The lowest BCUT2D eigenvalue weighted by atomic mass is 9.54. The molecule has 2 atom stereocenters. The number of carboxylic acid groups (broad SMARTS) is 1. The molecule has 0 aromatic heterocycles. The Morgan fingerprint density at radius 3 is 2.22 bits per heavy atom. The van der Waals surface area contributed by atoms with E-state index in [4.69, 9.17) is 4.74 Å². The third-order valence-corrected chi connectivity index (χ3v) is 6.26. The summed E-state index contributed by atoms with van der Waals surface area (Å²) in [5.41, 5.74) is -1.81. The van der Waals surface area contributed by atoms with Crippen LogP contribution in [0.25, 0.3) is 0 Å². The van der Waals surface area contributed by atoms with Crippen molar-refractivity contribution in [2.24, 2.45) is 17.3 Å². The van der Waals surface area contributed by atoms with Gasteiger partial charge in [0.15, 0.2) is 0 Å². The summed E-state index contributed by atoms with van der Waals surface area (Å²) < 4.78 is 5.64. The Balaban J connectivity index is 2.04. The average molecular weight is 325 g/mol. The minimum absolute atomic E-state index is 0.0454. The molecular formula is C18H31NO4. The fraction of sp³-hybridized carbons (Fsp3) is 0.889. The maximum atomic E-state index is 12.6. The van der Waals surface area contributed by atoms with E-state index in [0.29, 0.717) is 13.0 Å². The van der Waals surface area contributed by atoms with E-state index >= 15 is 0 Å². The first kappa shape index (κ1) is 18.2. The summed E-state index contributed by atoms with van der Waals surface area (Å²) >= 11 is 0. The molecule has 0 saturated heterocycles. The highest BCUT2D eigenvalue weighted by Gasteiger charge is 2.66. The van der Waals surface area contributed by atoms with Gasteiger partial charge in [-0.05, 0) is 38.5 Å². The average Bonchev–Trinajstić information content (AvgIpc) is 2.53. The summed E-state index contributed by atoms with van der Waals surface area (Å²) in [5, 5.41) is 12.7. The Morgan fingerprint density at radius 2 is 1.78 bits per heavy atom. The molecule has 2 aliphatic rings. The van der Waals surface area contributed by atoms with Crippen molar-refractivity contribution in [2.75, 3.05) is 6.61 Å². The number of ether oxygens (including phenoxy) is 1. The molecule has 23 heavy (non-hydrogen) atoms. The van der Waals surface area contributed by atoms with Gasteiger partial charge in [-0.25, -0.2) is 4.79 Å². The molecule has 0 aromatic carbocycles. The summed E-state index contributed by atoms with van der Waals surface area (Å²) in [6, 6.07) is 0. The van der Waals surface area contributed by atoms with Crippen molar-refractivity contribution in [3.8, 4) is 0 Å². The van der Waals surface area contributed by atoms with Gasteiger partial charge in [0.25, 0.3) is 0 Å². The molecule has 2 fully saturated rings. The van der Waals surface area contributed by atoms with Gasteiger partial charge in [-0.15, -0.1) is 0 Å². The van der Waals surface area contributed by atoms with Crippen LogP contribution in [0.2, 0.25) is 0 Å². The third kappa shape index (κ3) is 3.12. The number of hydrogen-bond acceptors (Lipinski definition) is 3. The van der Waals surface area contributed by atoms with Crippen molar-refractivity contribution in [1.29, 1.82) is 0 Å². The van der Waals surface area contributed by atoms with Crippen molar-refractivity contribution in [1.82, 2.24) is 5.32 Å². The highest BCUT2D eigenvalue weighted by Crippen LogP contribution is 2.51. The maximum absolute atomic E-state index is 12.6. The highest BCUT2D eigenvalue weighted by atomic mass is 16.5. The second-order valence-electron chi connectivity index (χ2n) is 7.70. The fourth-order valence-corrected chi connectivity index (χ4v) is 4.18. The summed E-state index contributed by atoms with van der Waals surface area (Å²) in [4.78, 5) is 24.6. The number of rotatable bonds is 6. The SMILES string of the molecule is CCOC1CC(NC(=O)C2CCC(CC)CC2)(C(=O)O)C1(C)C. The topological polar surface area (TPSA) is 75.6 Å². The van der Waals surface area contributed by atoms with Gasteiger partial charge in [-0.1, -0.05) is 27.2 Å². The summed E-state index contributed by atoms with van der Waals surface area (Å²) in [7, 11) is 0. The van der Waals surface area contributed by atoms with Crippen LogP contribution in [0.3, 0.4) is 0 Å². The van der Waals surface area contributed by atoms with E-state index in [9.17, 15) is 14.7 Å². The molecule has 0 radical (unpaired) electrons. The Kier molecular flexibility index (Phi) is 5.39. The Bertz CT molecular complexity index is 454. The number of carbonyl (C=O) groups excluding carboxylic acids is 1. The predicted molar refractivity (Wildman–Crippen MR) is 88.1 cm³/mol. The van der Waals surface area contributed by atoms with E-state index in [1.54, 1.807) is 0 Å². The van der Waals surface area contributed by atoms with Gasteiger partial charge in [0.05, 0.1) is 6.10 Å². The van der Waals surface area contributed by atoms with E-state index in [1.807, 2.05) is 20.8 Å². The van der Waals surface area contributed by atoms with Gasteiger partial charge < -0.3 is 15.2 Å². The van der Waals surface area contributed by atoms with Crippen LogP contribution < -0.4 is 5.32 Å². The molecule has 0 aliphatic heterocycles. The Hall–Kier alpha value is -1.10. The second-order valence-corrected chi connectivity index (χ2v) is 7.70. The molecule has 2 saturated carbocycles. The van der Waals surface area contributed by atoms with Crippen molar-refractivity contribution in [3.05, 3.63) is 0 Å². The zero-order chi connectivity index (χ0) is 17.3. The first-order chi connectivity index (χ1) is 10.8. The molecule has 5 nitrogen and oxygen atoms in total. The number of hydrogen-bond donors (Lipinski definition) is 2. The van der Waals surface area contributed by atoms with Crippen LogP contribution >= 0.6 is 0 Å². The second kappa shape index (κ2) is 6.80. The molecule has 1 amide bonds. The number of amides is 1. The molecule has 0 spiro atoms. The molecule has 0 bridgehead atoms. The van der Waals surface area contributed by atoms with Gasteiger partial charge in [0.1, 0.15) is 5.54 Å². The van der Waals surface area contributed by atoms with Crippen molar-refractivity contribution in [2.45, 2.75) is 77.9 Å². The van der Waals surface area contributed by atoms with Crippen molar-refractivity contribution < 1.29 is 19.4 Å². The first-order valence-corrected chi connectivity index (χ1v) is 8.95. The number of aliphatic carboxylic acids is 1. The smallest absolute Gasteiger partial charge is 0.330 e. The first-order valence-electron chi connectivity index (χ1n) is 8.95. The van der Waals surface area contributed by atoms with Crippen LogP contribution in [0, 0.1) is 17.3 Å². The van der Waals surface area contributed by atoms with Crippen LogP contribution in [0.5, 0.6) is 0 Å². The quantitative estimate of drug-likeness (QED) is 0.787. The van der Waals surface area contributed by atoms with Gasteiger partial charge >= 0.3 is 5.97 Å². The fourth-order valence-electron chi connectivity index (χ4n) is 4.18. The number of carboxylic acids is 1. The lowest BCUT2D eigenvalue weighted by Gasteiger charge is -2.58. The molecule has 2 unspecified atom stereocenters. The minimum Gasteiger partial charge on any atom is -0.479 e. The van der Waals surface area contributed by atoms with Gasteiger partial charge in [-0.2, -0.15) is 0 Å². The van der Waals surface area contributed by atoms with E-state index in [0.717, 1.165) is 38.0 Å². The zero-order valence-corrected chi connectivity index (χ0v) is 14.9. The van der Waals surface area contributed by atoms with Crippen molar-refractivity contribution >= 4 is 11.9 Å². The summed E-state index contributed by atoms with van der Waals surface area (Å²) in [6.45, 7) is 8.40. The van der Waals surface area contributed by atoms with Crippen molar-refractivity contribution in [3.63, 3.8) is 0 Å². The standard InChI is InChI=1S/C18H31NO4/c1-5-12-7-9-13(10-8-12)15(20)19-18(16(21)22)11-14(23-6-2)17(18,3)4/h12-14H,5-11H2,1-4H3,(H,19,20)(H,21,22). The van der Waals surface area contributed by atoms with Crippen LogP contribution in [0.15, 0.2) is 0 Å². The molecular weight excluding hydrogens is 294 g/mol. The Morgan fingerprint density at radius 1 is 1.17 bits per heavy atom. The highest BCUT2D eigenvalue weighted by molar-refractivity contribution is 5.90. The maximum Gasteiger partial charge on any atom is 0.330 e. The van der Waals surface area contributed by atoms with Gasteiger partial charge in [0.2, 0.25) is 5.91 Å². The lowest BCUT2D eigenvalue weighted by Crippen LogP contribution is -2.76. The number of nitrogens with one attached hydrogen (secondary N) is 1. The normalized spacial score (nSPS) is 36.1. The zero-order valence-electron chi connectivity index (χ0n) is 14.9. The van der Waals surface area contributed by atoms with E-state index in [1.165, 1.54) is 0 Å². The van der Waals surface area contributed by atoms with Crippen LogP contribution in [-0.2, 0) is 14.3 Å². The molecule has 2 N–H and O–H groups in total. The van der Waals surface area contributed by atoms with Crippen LogP contribution in [0.1, 0.15) is 66.2 Å². The summed E-state index contributed by atoms with van der Waals surface area (Å²) in [6.07, 6.45) is 5.26. The molecule has 0 aromatic rings. The molecule has 5 heteroatoms. The van der Waals surface area contributed by atoms with Gasteiger partial charge in [0, 0.05) is 24.4 Å². The van der Waals surface area contributed by atoms with Gasteiger partial charge in [-0.3, -0.25) is 4.79 Å². The predicted octanol–water partition coefficient (Wildman–Crippen LogP) is 2.98. The van der Waals surface area contributed by atoms with Crippen LogP contribution in [0.4, 0.5) is 0 Å². The lowest BCUT2D eigenvalue weighted by molar-refractivity contribution is -0.195. The van der Waals surface area contributed by atoms with E-state index < -0.39 is 16.9 Å². The minimum atomic E-state index is -1.20. The molecule has 2 aliphatic carbocycles. The third-order valence-electron chi connectivity index (χ3n) is 6.26. The summed E-state index contributed by atoms with van der Waals surface area (Å²) in [5.74, 6) is -0.370. The molecule has 2 rings (SSSR count). The largest absolute Gasteiger partial charge is 0.479 e. The Labute approximate surface area is 139 Å². The molecule has 0 heterocycles. The van der Waals surface area contributed by atoms with Crippen LogP contribution in [-0.4, -0.2) is 35.2 Å².